The molecule has 0 atom stereocenters. The van der Waals surface area contributed by atoms with E-state index in [1.807, 2.05) is 37.3 Å². The van der Waals surface area contributed by atoms with E-state index in [9.17, 15) is 9.59 Å². The molecule has 28 heavy (non-hydrogen) atoms. The summed E-state index contributed by atoms with van der Waals surface area (Å²) in [6.45, 7) is 1.67. The number of nitrogens with zero attached hydrogens (tertiary/aromatic N) is 3. The van der Waals surface area contributed by atoms with Gasteiger partial charge >= 0.3 is 0 Å². The van der Waals surface area contributed by atoms with Crippen LogP contribution < -0.4 is 10.9 Å². The van der Waals surface area contributed by atoms with Crippen molar-refractivity contribution in [2.75, 3.05) is 5.32 Å². The Morgan fingerprint density at radius 2 is 1.96 bits per heavy atom. The predicted octanol–water partition coefficient (Wildman–Crippen LogP) is 4.12. The van der Waals surface area contributed by atoms with Gasteiger partial charge in [0.25, 0.3) is 5.56 Å². The normalized spacial score (nSPS) is 10.9. The fourth-order valence-electron chi connectivity index (χ4n) is 2.84. The van der Waals surface area contributed by atoms with Crippen LogP contribution in [-0.2, 0) is 11.3 Å². The molecule has 0 saturated heterocycles. The maximum absolute atomic E-state index is 12.8. The van der Waals surface area contributed by atoms with E-state index in [0.717, 1.165) is 22.7 Å². The van der Waals surface area contributed by atoms with Crippen LogP contribution in [0, 0.1) is 6.92 Å². The highest BCUT2D eigenvalue weighted by atomic mass is 35.5. The third-order valence-corrected chi connectivity index (χ3v) is 5.59. The molecule has 4 aromatic rings. The molecule has 1 N–H and O–H groups in total. The second kappa shape index (κ2) is 7.53. The van der Waals surface area contributed by atoms with Gasteiger partial charge in [-0.3, -0.25) is 14.2 Å². The summed E-state index contributed by atoms with van der Waals surface area (Å²) >= 11 is 7.17. The summed E-state index contributed by atoms with van der Waals surface area (Å²) in [6.07, 6.45) is 1.38. The van der Waals surface area contributed by atoms with Crippen LogP contribution >= 0.6 is 23.1 Å². The van der Waals surface area contributed by atoms with Crippen LogP contribution in [0.5, 0.6) is 0 Å². The molecule has 0 aliphatic carbocycles. The van der Waals surface area contributed by atoms with Gasteiger partial charge in [0, 0.05) is 16.3 Å². The molecule has 0 spiro atoms. The van der Waals surface area contributed by atoms with Crippen LogP contribution in [0.1, 0.15) is 5.56 Å². The summed E-state index contributed by atoms with van der Waals surface area (Å²) in [5.41, 5.74) is 3.21. The second-order valence-electron chi connectivity index (χ2n) is 6.21. The molecule has 2 heterocycles. The summed E-state index contributed by atoms with van der Waals surface area (Å²) < 4.78 is 6.09. The van der Waals surface area contributed by atoms with Crippen molar-refractivity contribution in [3.63, 3.8) is 0 Å². The first-order valence-corrected chi connectivity index (χ1v) is 9.65. The third-order valence-electron chi connectivity index (χ3n) is 4.35. The number of aromatic nitrogens is 3. The molecule has 0 fully saturated rings. The summed E-state index contributed by atoms with van der Waals surface area (Å²) in [7, 11) is 0. The SMILES string of the molecule is Cc1c(Cl)cccc1NC(=O)Cn1cnc2c(-c3ccccc3)nsc2c1=O. The summed E-state index contributed by atoms with van der Waals surface area (Å²) in [5.74, 6) is -0.332. The zero-order valence-corrected chi connectivity index (χ0v) is 16.4. The predicted molar refractivity (Wildman–Crippen MR) is 112 cm³/mol. The molecule has 8 heteroatoms. The number of hydrogen-bond acceptors (Lipinski definition) is 5. The zero-order valence-electron chi connectivity index (χ0n) is 14.8. The lowest BCUT2D eigenvalue weighted by Gasteiger charge is -2.10. The van der Waals surface area contributed by atoms with Crippen molar-refractivity contribution in [2.24, 2.45) is 0 Å². The minimum absolute atomic E-state index is 0.147. The van der Waals surface area contributed by atoms with Gasteiger partial charge in [0.05, 0.1) is 6.33 Å². The van der Waals surface area contributed by atoms with E-state index in [0.29, 0.717) is 26.6 Å². The standard InChI is InChI=1S/C20H15ClN4O2S/c1-12-14(21)8-5-9-15(12)23-16(26)10-25-11-22-18-17(13-6-3-2-4-7-13)24-28-19(18)20(25)27/h2-9,11H,10H2,1H3,(H,23,26). The molecule has 2 aromatic carbocycles. The van der Waals surface area contributed by atoms with Gasteiger partial charge in [0.15, 0.2) is 0 Å². The van der Waals surface area contributed by atoms with E-state index in [1.54, 1.807) is 18.2 Å². The van der Waals surface area contributed by atoms with Crippen LogP contribution in [-0.4, -0.2) is 19.8 Å². The molecule has 0 unspecified atom stereocenters. The molecule has 0 aliphatic heterocycles. The van der Waals surface area contributed by atoms with Crippen LogP contribution in [0.25, 0.3) is 21.5 Å². The number of halogens is 1. The van der Waals surface area contributed by atoms with Gasteiger partial charge in [-0.1, -0.05) is 48.0 Å². The maximum atomic E-state index is 12.8. The lowest BCUT2D eigenvalue weighted by Crippen LogP contribution is -2.27. The topological polar surface area (TPSA) is 76.9 Å². The number of benzene rings is 2. The smallest absolute Gasteiger partial charge is 0.273 e. The van der Waals surface area contributed by atoms with Gasteiger partial charge in [0.1, 0.15) is 22.5 Å². The highest BCUT2D eigenvalue weighted by Crippen LogP contribution is 2.27. The molecular formula is C20H15ClN4O2S. The first-order valence-electron chi connectivity index (χ1n) is 8.50. The number of fused-ring (bicyclic) bond motifs is 1. The van der Waals surface area contributed by atoms with E-state index in [4.69, 9.17) is 11.6 Å². The van der Waals surface area contributed by atoms with Crippen LogP contribution in [0.4, 0.5) is 5.69 Å². The molecule has 0 saturated carbocycles. The molecule has 6 nitrogen and oxygen atoms in total. The largest absolute Gasteiger partial charge is 0.324 e. The fraction of sp³-hybridized carbons (Fsp3) is 0.100. The van der Waals surface area contributed by atoms with Crippen molar-refractivity contribution < 1.29 is 4.79 Å². The Kier molecular flexibility index (Phi) is 4.93. The molecule has 140 valence electrons. The van der Waals surface area contributed by atoms with Gasteiger partial charge in [0.2, 0.25) is 5.91 Å². The summed E-state index contributed by atoms with van der Waals surface area (Å²) in [6, 6.07) is 14.8. The van der Waals surface area contributed by atoms with Crippen molar-refractivity contribution in [1.82, 2.24) is 13.9 Å². The molecule has 0 radical (unpaired) electrons. The Morgan fingerprint density at radius 1 is 1.18 bits per heavy atom. The number of amides is 1. The van der Waals surface area contributed by atoms with Crippen molar-refractivity contribution in [1.29, 1.82) is 0 Å². The average Bonchev–Trinajstić information content (AvgIpc) is 3.13. The van der Waals surface area contributed by atoms with E-state index in [-0.39, 0.29) is 18.0 Å². The number of anilines is 1. The van der Waals surface area contributed by atoms with Gasteiger partial charge in [-0.2, -0.15) is 4.37 Å². The van der Waals surface area contributed by atoms with E-state index < -0.39 is 0 Å². The lowest BCUT2D eigenvalue weighted by molar-refractivity contribution is -0.116. The number of carbonyl (C=O) groups is 1. The van der Waals surface area contributed by atoms with Crippen molar-refractivity contribution in [3.8, 4) is 11.3 Å². The van der Waals surface area contributed by atoms with Gasteiger partial charge in [-0.25, -0.2) is 4.98 Å². The highest BCUT2D eigenvalue weighted by molar-refractivity contribution is 7.13. The van der Waals surface area contributed by atoms with E-state index in [2.05, 4.69) is 14.7 Å². The Hall–Kier alpha value is -3.03. The number of carbonyl (C=O) groups excluding carboxylic acids is 1. The molecular weight excluding hydrogens is 396 g/mol. The Bertz CT molecular complexity index is 1230. The Labute approximate surface area is 169 Å². The zero-order chi connectivity index (χ0) is 19.7. The van der Waals surface area contributed by atoms with Crippen LogP contribution in [0.3, 0.4) is 0 Å². The second-order valence-corrected chi connectivity index (χ2v) is 7.39. The quantitative estimate of drug-likeness (QED) is 0.549. The maximum Gasteiger partial charge on any atom is 0.273 e. The molecule has 4 rings (SSSR count). The molecule has 2 aromatic heterocycles. The van der Waals surface area contributed by atoms with Crippen molar-refractivity contribution in [3.05, 3.63) is 75.8 Å². The summed E-state index contributed by atoms with van der Waals surface area (Å²) in [4.78, 5) is 29.6. The van der Waals surface area contributed by atoms with E-state index in [1.165, 1.54) is 10.9 Å². The number of hydrogen-bond donors (Lipinski definition) is 1. The van der Waals surface area contributed by atoms with Crippen molar-refractivity contribution in [2.45, 2.75) is 13.5 Å². The lowest BCUT2D eigenvalue weighted by atomic mass is 10.1. The van der Waals surface area contributed by atoms with Crippen molar-refractivity contribution >= 4 is 44.9 Å². The minimum Gasteiger partial charge on any atom is -0.324 e. The highest BCUT2D eigenvalue weighted by Gasteiger charge is 2.15. The number of nitrogens with one attached hydrogen (secondary N) is 1. The third kappa shape index (κ3) is 3.42. The number of rotatable bonds is 4. The van der Waals surface area contributed by atoms with Crippen LogP contribution in [0.15, 0.2) is 59.7 Å². The van der Waals surface area contributed by atoms with Gasteiger partial charge in [-0.05, 0) is 36.2 Å². The Morgan fingerprint density at radius 3 is 2.75 bits per heavy atom. The van der Waals surface area contributed by atoms with E-state index >= 15 is 0 Å². The van der Waals surface area contributed by atoms with Crippen LogP contribution in [0.2, 0.25) is 5.02 Å². The summed E-state index contributed by atoms with van der Waals surface area (Å²) in [5, 5.41) is 3.35. The first-order chi connectivity index (χ1) is 13.5. The fourth-order valence-corrected chi connectivity index (χ4v) is 3.82. The first kappa shape index (κ1) is 18.3. The molecule has 1 amide bonds. The Balaban J connectivity index is 1.61. The average molecular weight is 411 g/mol. The minimum atomic E-state index is -0.332. The monoisotopic (exact) mass is 410 g/mol. The molecule has 0 bridgehead atoms. The van der Waals surface area contributed by atoms with Gasteiger partial charge < -0.3 is 5.32 Å². The van der Waals surface area contributed by atoms with Gasteiger partial charge in [-0.15, -0.1) is 0 Å². The molecule has 0 aliphatic rings.